The molecule has 1 aromatic rings. The molecule has 1 aliphatic heterocycles. The molecule has 2 aliphatic rings. The summed E-state index contributed by atoms with van der Waals surface area (Å²) in [4.78, 5) is 25.9. The zero-order valence-corrected chi connectivity index (χ0v) is 15.5. The lowest BCUT2D eigenvalue weighted by molar-refractivity contribution is -0.155. The number of rotatable bonds is 6. The Morgan fingerprint density at radius 1 is 1.31 bits per heavy atom. The summed E-state index contributed by atoms with van der Waals surface area (Å²) in [6, 6.07) is 6.80. The van der Waals surface area contributed by atoms with Gasteiger partial charge in [0.2, 0.25) is 11.8 Å². The van der Waals surface area contributed by atoms with Gasteiger partial charge in [0, 0.05) is 18.2 Å². The third-order valence-corrected chi connectivity index (χ3v) is 5.16. The van der Waals surface area contributed by atoms with Crippen molar-refractivity contribution in [1.29, 1.82) is 0 Å². The number of hydrogen-bond acceptors (Lipinski definition) is 4. The molecule has 0 spiro atoms. The first-order valence-electron chi connectivity index (χ1n) is 9.42. The van der Waals surface area contributed by atoms with E-state index < -0.39 is 12.1 Å². The third-order valence-electron chi connectivity index (χ3n) is 5.16. The molecule has 2 fully saturated rings. The zero-order valence-electron chi connectivity index (χ0n) is 15.5. The fourth-order valence-electron chi connectivity index (χ4n) is 3.42. The fourth-order valence-corrected chi connectivity index (χ4v) is 3.42. The number of amides is 2. The van der Waals surface area contributed by atoms with Gasteiger partial charge in [-0.05, 0) is 36.5 Å². The van der Waals surface area contributed by atoms with Crippen molar-refractivity contribution in [2.45, 2.75) is 45.3 Å². The molecule has 1 saturated heterocycles. The van der Waals surface area contributed by atoms with Crippen LogP contribution in [0.1, 0.15) is 44.8 Å². The third kappa shape index (κ3) is 4.24. The van der Waals surface area contributed by atoms with Crippen LogP contribution < -0.4 is 5.32 Å². The molecule has 6 nitrogen and oxygen atoms in total. The van der Waals surface area contributed by atoms with E-state index in [0.29, 0.717) is 24.6 Å². The van der Waals surface area contributed by atoms with Crippen LogP contribution in [-0.4, -0.2) is 47.6 Å². The minimum atomic E-state index is -0.825. The number of hydrogen-bond donors (Lipinski definition) is 2. The molecular weight excluding hydrogens is 332 g/mol. The van der Waals surface area contributed by atoms with E-state index in [4.69, 9.17) is 4.74 Å². The molecule has 1 saturated carbocycles. The molecule has 0 radical (unpaired) electrons. The Hall–Kier alpha value is -1.92. The Bertz CT molecular complexity index is 640. The van der Waals surface area contributed by atoms with Gasteiger partial charge in [0.15, 0.2) is 0 Å². The standard InChI is InChI=1S/C20H28N2O4/c1-13(2)10-22-17(11-26-12-18(22)23)19(24)14-6-8-16(9-7-14)21-20(25)15-4-3-5-15/h6-9,13,15,17,19,24H,3-5,10-12H2,1-2H3,(H,21,25)/t17-,19-/m1/s1. The van der Waals surface area contributed by atoms with Crippen LogP contribution in [0.25, 0.3) is 0 Å². The maximum Gasteiger partial charge on any atom is 0.249 e. The summed E-state index contributed by atoms with van der Waals surface area (Å²) in [5.74, 6) is 0.434. The molecule has 2 amide bonds. The lowest BCUT2D eigenvalue weighted by Gasteiger charge is -2.39. The number of nitrogens with zero attached hydrogens (tertiary/aromatic N) is 1. The van der Waals surface area contributed by atoms with Gasteiger partial charge in [0.1, 0.15) is 12.7 Å². The monoisotopic (exact) mass is 360 g/mol. The topological polar surface area (TPSA) is 78.9 Å². The maximum atomic E-state index is 12.2. The number of benzene rings is 1. The van der Waals surface area contributed by atoms with Gasteiger partial charge in [0.25, 0.3) is 0 Å². The van der Waals surface area contributed by atoms with Crippen LogP contribution in [0, 0.1) is 11.8 Å². The number of anilines is 1. The molecule has 6 heteroatoms. The summed E-state index contributed by atoms with van der Waals surface area (Å²) in [6.07, 6.45) is 2.22. The Morgan fingerprint density at radius 2 is 2.00 bits per heavy atom. The highest BCUT2D eigenvalue weighted by Crippen LogP contribution is 2.29. The minimum Gasteiger partial charge on any atom is -0.386 e. The number of carbonyl (C=O) groups excluding carboxylic acids is 2. The lowest BCUT2D eigenvalue weighted by Crippen LogP contribution is -2.53. The first kappa shape index (κ1) is 18.9. The number of nitrogens with one attached hydrogen (secondary N) is 1. The van der Waals surface area contributed by atoms with Crippen LogP contribution in [0.4, 0.5) is 5.69 Å². The van der Waals surface area contributed by atoms with Gasteiger partial charge in [-0.15, -0.1) is 0 Å². The second kappa shape index (κ2) is 8.18. The largest absolute Gasteiger partial charge is 0.386 e. The normalized spacial score (nSPS) is 22.2. The predicted octanol–water partition coefficient (Wildman–Crippen LogP) is 2.34. The van der Waals surface area contributed by atoms with Crippen molar-refractivity contribution in [3.8, 4) is 0 Å². The Labute approximate surface area is 154 Å². The van der Waals surface area contributed by atoms with E-state index in [9.17, 15) is 14.7 Å². The van der Waals surface area contributed by atoms with E-state index in [1.54, 1.807) is 29.2 Å². The molecule has 0 bridgehead atoms. The van der Waals surface area contributed by atoms with Crippen LogP contribution in [0.5, 0.6) is 0 Å². The van der Waals surface area contributed by atoms with Crippen molar-refractivity contribution in [3.05, 3.63) is 29.8 Å². The van der Waals surface area contributed by atoms with E-state index in [2.05, 4.69) is 5.32 Å². The second-order valence-corrected chi connectivity index (χ2v) is 7.71. The molecule has 1 aromatic carbocycles. The first-order chi connectivity index (χ1) is 12.5. The number of aliphatic hydroxyl groups is 1. The quantitative estimate of drug-likeness (QED) is 0.816. The Balaban J connectivity index is 1.66. The summed E-state index contributed by atoms with van der Waals surface area (Å²) >= 11 is 0. The highest BCUT2D eigenvalue weighted by atomic mass is 16.5. The van der Waals surface area contributed by atoms with Gasteiger partial charge in [-0.2, -0.15) is 0 Å². The average molecular weight is 360 g/mol. The molecule has 1 heterocycles. The first-order valence-corrected chi connectivity index (χ1v) is 9.42. The highest BCUT2D eigenvalue weighted by Gasteiger charge is 2.34. The Morgan fingerprint density at radius 3 is 2.58 bits per heavy atom. The highest BCUT2D eigenvalue weighted by molar-refractivity contribution is 5.93. The van der Waals surface area contributed by atoms with E-state index in [1.807, 2.05) is 13.8 Å². The Kier molecular flexibility index (Phi) is 5.94. The van der Waals surface area contributed by atoms with Crippen LogP contribution in [0.3, 0.4) is 0 Å². The van der Waals surface area contributed by atoms with Gasteiger partial charge >= 0.3 is 0 Å². The molecule has 142 valence electrons. The van der Waals surface area contributed by atoms with Crippen LogP contribution >= 0.6 is 0 Å². The number of morpholine rings is 1. The van der Waals surface area contributed by atoms with Crippen molar-refractivity contribution in [1.82, 2.24) is 4.90 Å². The van der Waals surface area contributed by atoms with E-state index in [0.717, 1.165) is 24.9 Å². The van der Waals surface area contributed by atoms with Gasteiger partial charge < -0.3 is 20.1 Å². The molecule has 26 heavy (non-hydrogen) atoms. The molecule has 3 rings (SSSR count). The van der Waals surface area contributed by atoms with Crippen LogP contribution in [0.15, 0.2) is 24.3 Å². The van der Waals surface area contributed by atoms with Crippen molar-refractivity contribution in [3.63, 3.8) is 0 Å². The number of ether oxygens (including phenoxy) is 1. The smallest absolute Gasteiger partial charge is 0.249 e. The van der Waals surface area contributed by atoms with Crippen molar-refractivity contribution in [2.24, 2.45) is 11.8 Å². The van der Waals surface area contributed by atoms with Gasteiger partial charge in [0.05, 0.1) is 12.6 Å². The second-order valence-electron chi connectivity index (χ2n) is 7.71. The van der Waals surface area contributed by atoms with Crippen molar-refractivity contribution in [2.75, 3.05) is 25.1 Å². The summed E-state index contributed by atoms with van der Waals surface area (Å²) in [5.41, 5.74) is 1.44. The van der Waals surface area contributed by atoms with Crippen LogP contribution in [-0.2, 0) is 14.3 Å². The van der Waals surface area contributed by atoms with Crippen molar-refractivity contribution >= 4 is 17.5 Å². The molecule has 2 atom stereocenters. The molecular formula is C20H28N2O4. The van der Waals surface area contributed by atoms with Crippen LogP contribution in [0.2, 0.25) is 0 Å². The average Bonchev–Trinajstić information content (AvgIpc) is 2.55. The summed E-state index contributed by atoms with van der Waals surface area (Å²) in [6.45, 7) is 5.08. The lowest BCUT2D eigenvalue weighted by atomic mass is 9.85. The minimum absolute atomic E-state index is 0.0685. The van der Waals surface area contributed by atoms with E-state index >= 15 is 0 Å². The summed E-state index contributed by atoms with van der Waals surface area (Å²) in [5, 5.41) is 13.7. The molecule has 1 aliphatic carbocycles. The zero-order chi connectivity index (χ0) is 18.7. The van der Waals surface area contributed by atoms with Gasteiger partial charge in [-0.1, -0.05) is 32.4 Å². The number of carbonyl (C=O) groups is 2. The molecule has 2 N–H and O–H groups in total. The van der Waals surface area contributed by atoms with E-state index in [-0.39, 0.29) is 24.3 Å². The summed E-state index contributed by atoms with van der Waals surface area (Å²) < 4.78 is 5.36. The van der Waals surface area contributed by atoms with Gasteiger partial charge in [-0.25, -0.2) is 0 Å². The van der Waals surface area contributed by atoms with E-state index in [1.165, 1.54) is 0 Å². The molecule has 0 aromatic heterocycles. The predicted molar refractivity (Wildman–Crippen MR) is 98.5 cm³/mol. The fraction of sp³-hybridized carbons (Fsp3) is 0.600. The van der Waals surface area contributed by atoms with Gasteiger partial charge in [-0.3, -0.25) is 9.59 Å². The number of aliphatic hydroxyl groups excluding tert-OH is 1. The SMILES string of the molecule is CC(C)CN1C(=O)COC[C@@H]1[C@H](O)c1ccc(NC(=O)C2CCC2)cc1. The summed E-state index contributed by atoms with van der Waals surface area (Å²) in [7, 11) is 0. The molecule has 0 unspecified atom stereocenters. The maximum absolute atomic E-state index is 12.2. The van der Waals surface area contributed by atoms with Crippen molar-refractivity contribution < 1.29 is 19.4 Å².